The second kappa shape index (κ2) is 6.02. The van der Waals surface area contributed by atoms with Gasteiger partial charge in [0.2, 0.25) is 5.88 Å². The van der Waals surface area contributed by atoms with E-state index >= 15 is 0 Å². The molecule has 2 aromatic rings. The first-order valence-electron chi connectivity index (χ1n) is 6.39. The third-order valence-corrected chi connectivity index (χ3v) is 3.20. The van der Waals surface area contributed by atoms with Crippen molar-refractivity contribution in [2.75, 3.05) is 0 Å². The number of nitrogens with zero attached hydrogens (tertiary/aromatic N) is 2. The highest BCUT2D eigenvalue weighted by Gasteiger charge is 2.15. The molecule has 0 saturated heterocycles. The van der Waals surface area contributed by atoms with Crippen molar-refractivity contribution in [1.29, 1.82) is 0 Å². The van der Waals surface area contributed by atoms with Crippen LogP contribution in [0.1, 0.15) is 37.8 Å². The SMILES string of the molecule is CCc1cccc(Oc2ncnc(Cl)c2C(C)C)c1. The van der Waals surface area contributed by atoms with Gasteiger partial charge in [-0.1, -0.05) is 44.5 Å². The van der Waals surface area contributed by atoms with Crippen molar-refractivity contribution in [3.63, 3.8) is 0 Å². The number of aryl methyl sites for hydroxylation is 1. The molecule has 0 aliphatic rings. The van der Waals surface area contributed by atoms with Crippen molar-refractivity contribution >= 4 is 11.6 Å². The molecular weight excluding hydrogens is 260 g/mol. The van der Waals surface area contributed by atoms with E-state index in [2.05, 4.69) is 23.0 Å². The Bertz CT molecular complexity index is 570. The standard InChI is InChI=1S/C15H17ClN2O/c1-4-11-6-5-7-12(8-11)19-15-13(10(2)3)14(16)17-9-18-15/h5-10H,4H2,1-3H3. The van der Waals surface area contributed by atoms with Crippen molar-refractivity contribution in [3.8, 4) is 11.6 Å². The normalized spacial score (nSPS) is 10.8. The molecule has 1 aromatic heterocycles. The lowest BCUT2D eigenvalue weighted by atomic mass is 10.1. The highest BCUT2D eigenvalue weighted by Crippen LogP contribution is 2.32. The molecule has 3 nitrogen and oxygen atoms in total. The monoisotopic (exact) mass is 276 g/mol. The van der Waals surface area contributed by atoms with Crippen LogP contribution in [0.2, 0.25) is 5.15 Å². The van der Waals surface area contributed by atoms with Gasteiger partial charge in [-0.05, 0) is 30.0 Å². The number of hydrogen-bond donors (Lipinski definition) is 0. The summed E-state index contributed by atoms with van der Waals surface area (Å²) in [6.07, 6.45) is 2.39. The topological polar surface area (TPSA) is 35.0 Å². The predicted octanol–water partition coefficient (Wildman–Crippen LogP) is 4.61. The molecule has 100 valence electrons. The Morgan fingerprint density at radius 2 is 2.05 bits per heavy atom. The maximum Gasteiger partial charge on any atom is 0.227 e. The van der Waals surface area contributed by atoms with E-state index in [-0.39, 0.29) is 5.92 Å². The number of ether oxygens (including phenoxy) is 1. The fourth-order valence-electron chi connectivity index (χ4n) is 1.87. The summed E-state index contributed by atoms with van der Waals surface area (Å²) in [4.78, 5) is 8.20. The summed E-state index contributed by atoms with van der Waals surface area (Å²) >= 11 is 6.12. The number of halogens is 1. The molecule has 0 N–H and O–H groups in total. The lowest BCUT2D eigenvalue weighted by Crippen LogP contribution is -1.99. The Balaban J connectivity index is 2.35. The number of aromatic nitrogens is 2. The zero-order valence-corrected chi connectivity index (χ0v) is 12.1. The minimum atomic E-state index is 0.207. The average molecular weight is 277 g/mol. The molecule has 0 spiro atoms. The molecule has 0 amide bonds. The lowest BCUT2D eigenvalue weighted by molar-refractivity contribution is 0.450. The van der Waals surface area contributed by atoms with E-state index in [0.29, 0.717) is 11.0 Å². The molecule has 0 bridgehead atoms. The van der Waals surface area contributed by atoms with Crippen molar-refractivity contribution < 1.29 is 4.74 Å². The second-order valence-electron chi connectivity index (χ2n) is 4.64. The van der Waals surface area contributed by atoms with Crippen LogP contribution < -0.4 is 4.74 Å². The molecule has 0 aliphatic carbocycles. The molecule has 2 rings (SSSR count). The van der Waals surface area contributed by atoms with Crippen LogP contribution in [-0.2, 0) is 6.42 Å². The van der Waals surface area contributed by atoms with Crippen molar-refractivity contribution in [1.82, 2.24) is 9.97 Å². The summed E-state index contributed by atoms with van der Waals surface area (Å²) in [5.41, 5.74) is 2.06. The Hall–Kier alpha value is -1.61. The summed E-state index contributed by atoms with van der Waals surface area (Å²) in [7, 11) is 0. The van der Waals surface area contributed by atoms with Crippen molar-refractivity contribution in [3.05, 3.63) is 46.9 Å². The molecule has 0 aliphatic heterocycles. The first-order valence-corrected chi connectivity index (χ1v) is 6.76. The van der Waals surface area contributed by atoms with Crippen LogP contribution in [0.3, 0.4) is 0 Å². The summed E-state index contributed by atoms with van der Waals surface area (Å²) in [5, 5.41) is 0.451. The average Bonchev–Trinajstić information content (AvgIpc) is 2.38. The van der Waals surface area contributed by atoms with E-state index in [0.717, 1.165) is 17.7 Å². The summed E-state index contributed by atoms with van der Waals surface area (Å²) in [6, 6.07) is 7.98. The highest BCUT2D eigenvalue weighted by atomic mass is 35.5. The summed E-state index contributed by atoms with van der Waals surface area (Å²) < 4.78 is 5.86. The van der Waals surface area contributed by atoms with Crippen molar-refractivity contribution in [2.24, 2.45) is 0 Å². The molecule has 0 saturated carbocycles. The molecule has 0 atom stereocenters. The van der Waals surface area contributed by atoms with Gasteiger partial charge in [-0.25, -0.2) is 9.97 Å². The largest absolute Gasteiger partial charge is 0.439 e. The van der Waals surface area contributed by atoms with Gasteiger partial charge in [-0.3, -0.25) is 0 Å². The minimum Gasteiger partial charge on any atom is -0.439 e. The maximum absolute atomic E-state index is 6.12. The molecular formula is C15H17ClN2O. The van der Waals surface area contributed by atoms with Crippen LogP contribution in [0.4, 0.5) is 0 Å². The smallest absolute Gasteiger partial charge is 0.227 e. The number of hydrogen-bond acceptors (Lipinski definition) is 3. The minimum absolute atomic E-state index is 0.207. The van der Waals surface area contributed by atoms with E-state index in [1.165, 1.54) is 11.9 Å². The zero-order valence-electron chi connectivity index (χ0n) is 11.4. The second-order valence-corrected chi connectivity index (χ2v) is 5.00. The maximum atomic E-state index is 6.12. The van der Waals surface area contributed by atoms with Crippen LogP contribution in [0.5, 0.6) is 11.6 Å². The van der Waals surface area contributed by atoms with Gasteiger partial charge in [0.15, 0.2) is 0 Å². The lowest BCUT2D eigenvalue weighted by Gasteiger charge is -2.13. The Labute approximate surface area is 118 Å². The number of rotatable bonds is 4. The number of benzene rings is 1. The highest BCUT2D eigenvalue weighted by molar-refractivity contribution is 6.30. The third kappa shape index (κ3) is 3.24. The predicted molar refractivity (Wildman–Crippen MR) is 77.0 cm³/mol. The van der Waals surface area contributed by atoms with Gasteiger partial charge in [0.05, 0.1) is 5.56 Å². The molecule has 0 unspecified atom stereocenters. The van der Waals surface area contributed by atoms with Gasteiger partial charge in [0, 0.05) is 0 Å². The van der Waals surface area contributed by atoms with Crippen LogP contribution in [0, 0.1) is 0 Å². The van der Waals surface area contributed by atoms with E-state index in [1.807, 2.05) is 32.0 Å². The van der Waals surface area contributed by atoms with E-state index in [1.54, 1.807) is 0 Å². The molecule has 1 heterocycles. The van der Waals surface area contributed by atoms with E-state index in [9.17, 15) is 0 Å². The first-order chi connectivity index (χ1) is 9.11. The van der Waals surface area contributed by atoms with Crippen LogP contribution in [0.25, 0.3) is 0 Å². The fraction of sp³-hybridized carbons (Fsp3) is 0.333. The van der Waals surface area contributed by atoms with Gasteiger partial charge in [-0.2, -0.15) is 0 Å². The van der Waals surface area contributed by atoms with E-state index < -0.39 is 0 Å². The first kappa shape index (κ1) is 13.8. The Morgan fingerprint density at radius 3 is 2.74 bits per heavy atom. The Morgan fingerprint density at radius 1 is 1.26 bits per heavy atom. The fourth-order valence-corrected chi connectivity index (χ4v) is 2.21. The third-order valence-electron chi connectivity index (χ3n) is 2.90. The molecule has 19 heavy (non-hydrogen) atoms. The van der Waals surface area contributed by atoms with Crippen LogP contribution in [-0.4, -0.2) is 9.97 Å². The van der Waals surface area contributed by atoms with Gasteiger partial charge in [0.25, 0.3) is 0 Å². The quantitative estimate of drug-likeness (QED) is 0.765. The van der Waals surface area contributed by atoms with Crippen LogP contribution in [0.15, 0.2) is 30.6 Å². The van der Waals surface area contributed by atoms with Crippen molar-refractivity contribution in [2.45, 2.75) is 33.1 Å². The summed E-state index contributed by atoms with van der Waals surface area (Å²) in [5.74, 6) is 1.51. The van der Waals surface area contributed by atoms with Gasteiger partial charge in [0.1, 0.15) is 17.2 Å². The Kier molecular flexibility index (Phi) is 4.38. The molecule has 0 radical (unpaired) electrons. The van der Waals surface area contributed by atoms with Gasteiger partial charge < -0.3 is 4.74 Å². The van der Waals surface area contributed by atoms with Crippen LogP contribution >= 0.6 is 11.6 Å². The van der Waals surface area contributed by atoms with Gasteiger partial charge in [-0.15, -0.1) is 0 Å². The molecule has 1 aromatic carbocycles. The van der Waals surface area contributed by atoms with Gasteiger partial charge >= 0.3 is 0 Å². The summed E-state index contributed by atoms with van der Waals surface area (Å²) in [6.45, 7) is 6.19. The zero-order chi connectivity index (χ0) is 13.8. The molecule has 4 heteroatoms. The van der Waals surface area contributed by atoms with E-state index in [4.69, 9.17) is 16.3 Å². The molecule has 0 fully saturated rings.